The maximum Gasteiger partial charge on any atom is 0.406 e. The number of thioether (sulfide) groups is 1. The second-order valence-corrected chi connectivity index (χ2v) is 13.5. The molecule has 1 aliphatic heterocycles. The fourth-order valence-corrected chi connectivity index (χ4v) is 6.18. The summed E-state index contributed by atoms with van der Waals surface area (Å²) in [5, 5.41) is 2.54. The third kappa shape index (κ3) is 8.43. The molecule has 40 heavy (non-hydrogen) atoms. The van der Waals surface area contributed by atoms with Crippen LogP contribution < -0.4 is 10.8 Å². The molecule has 0 aliphatic carbocycles. The lowest BCUT2D eigenvalue weighted by Crippen LogP contribution is -2.36. The number of anilines is 1. The van der Waals surface area contributed by atoms with Crippen LogP contribution in [0.4, 0.5) is 10.2 Å². The van der Waals surface area contributed by atoms with E-state index >= 15 is 0 Å². The lowest BCUT2D eigenvalue weighted by atomic mass is 10.00. The molecule has 16 heteroatoms. The van der Waals surface area contributed by atoms with Crippen molar-refractivity contribution in [2.75, 3.05) is 31.4 Å². The van der Waals surface area contributed by atoms with E-state index in [-0.39, 0.29) is 42.4 Å². The Hall–Kier alpha value is -2.16. The molecule has 0 aromatic carbocycles. The van der Waals surface area contributed by atoms with E-state index < -0.39 is 50.1 Å². The molecule has 1 saturated heterocycles. The summed E-state index contributed by atoms with van der Waals surface area (Å²) in [4.78, 5) is 36.9. The van der Waals surface area contributed by atoms with Gasteiger partial charge in [0.25, 0.3) is 0 Å². The fraction of sp³-hybridized carbons (Fsp3) is 0.708. The van der Waals surface area contributed by atoms with Gasteiger partial charge in [-0.15, -0.1) is 0 Å². The van der Waals surface area contributed by atoms with Crippen molar-refractivity contribution in [3.05, 3.63) is 12.7 Å². The van der Waals surface area contributed by atoms with Gasteiger partial charge in [-0.05, 0) is 20.8 Å². The van der Waals surface area contributed by atoms with Crippen LogP contribution >= 0.6 is 19.5 Å². The summed E-state index contributed by atoms with van der Waals surface area (Å²) in [7, 11) is -4.12. The fourth-order valence-electron chi connectivity index (χ4n) is 3.79. The van der Waals surface area contributed by atoms with Crippen molar-refractivity contribution < 1.29 is 37.1 Å². The van der Waals surface area contributed by atoms with Crippen LogP contribution in [0.15, 0.2) is 12.7 Å². The zero-order chi connectivity index (χ0) is 29.7. The van der Waals surface area contributed by atoms with E-state index in [1.54, 1.807) is 39.2 Å². The first-order chi connectivity index (χ1) is 18.7. The minimum absolute atomic E-state index is 0.0519. The van der Waals surface area contributed by atoms with Gasteiger partial charge in [0, 0.05) is 23.5 Å². The highest BCUT2D eigenvalue weighted by molar-refractivity contribution is 8.13. The number of ether oxygens (including phenoxy) is 2. The summed E-state index contributed by atoms with van der Waals surface area (Å²) >= 11 is 1.04. The van der Waals surface area contributed by atoms with Gasteiger partial charge in [0.1, 0.15) is 24.1 Å². The van der Waals surface area contributed by atoms with Gasteiger partial charge in [0.05, 0.1) is 38.4 Å². The van der Waals surface area contributed by atoms with Crippen molar-refractivity contribution in [1.82, 2.24) is 24.6 Å². The van der Waals surface area contributed by atoms with Crippen LogP contribution in [-0.4, -0.2) is 74.5 Å². The summed E-state index contributed by atoms with van der Waals surface area (Å²) in [5.41, 5.74) is 6.15. The molecule has 2 aromatic rings. The van der Waals surface area contributed by atoms with E-state index in [1.807, 2.05) is 0 Å². The molecule has 5 unspecified atom stereocenters. The third-order valence-electron chi connectivity index (χ3n) is 5.91. The molecule has 0 bridgehead atoms. The minimum atomic E-state index is -4.12. The zero-order valence-corrected chi connectivity index (χ0v) is 25.2. The standard InChI is InChI=1S/C24H38FN6O7PS/c1-14(2)37-22(32)15(3)30-39(34,35-7-8-40-23(33)24(4,5)6)36-11-17-16(10-25)9-18(38-17)31-13-29-19-20(26)27-12-28-21(19)31/h12-18H,7-11H2,1-6H3,(H,30,34)(H2,26,27,28). The van der Waals surface area contributed by atoms with Gasteiger partial charge in [-0.25, -0.2) is 24.6 Å². The van der Waals surface area contributed by atoms with E-state index in [0.717, 1.165) is 11.8 Å². The van der Waals surface area contributed by atoms with Gasteiger partial charge in [-0.2, -0.15) is 0 Å². The van der Waals surface area contributed by atoms with Crippen LogP contribution in [0.1, 0.15) is 54.2 Å². The molecular formula is C24H38FN6O7PS. The smallest absolute Gasteiger partial charge is 0.406 e. The van der Waals surface area contributed by atoms with E-state index in [9.17, 15) is 18.5 Å². The maximum atomic E-state index is 14.0. The Labute approximate surface area is 237 Å². The zero-order valence-electron chi connectivity index (χ0n) is 23.5. The van der Waals surface area contributed by atoms with Crippen LogP contribution in [0.2, 0.25) is 0 Å². The van der Waals surface area contributed by atoms with Gasteiger partial charge in [0.2, 0.25) is 0 Å². The number of nitrogen functional groups attached to an aromatic ring is 1. The van der Waals surface area contributed by atoms with Gasteiger partial charge in [-0.3, -0.25) is 27.6 Å². The largest absolute Gasteiger partial charge is 0.462 e. The number of hydrogen-bond donors (Lipinski definition) is 2. The lowest BCUT2D eigenvalue weighted by Gasteiger charge is -2.25. The predicted molar refractivity (Wildman–Crippen MR) is 148 cm³/mol. The first-order valence-electron chi connectivity index (χ1n) is 12.9. The number of halogens is 1. The molecule has 5 atom stereocenters. The van der Waals surface area contributed by atoms with Crippen molar-refractivity contribution in [1.29, 1.82) is 0 Å². The number of imidazole rings is 1. The van der Waals surface area contributed by atoms with Gasteiger partial charge in [0.15, 0.2) is 16.6 Å². The van der Waals surface area contributed by atoms with Gasteiger partial charge in [-0.1, -0.05) is 32.5 Å². The normalized spacial score (nSPS) is 21.9. The van der Waals surface area contributed by atoms with E-state index in [1.165, 1.54) is 19.6 Å². The van der Waals surface area contributed by atoms with Crippen LogP contribution in [0.25, 0.3) is 11.2 Å². The molecule has 3 heterocycles. The number of nitrogens with one attached hydrogen (secondary N) is 1. The second-order valence-electron chi connectivity index (χ2n) is 10.7. The summed E-state index contributed by atoms with van der Waals surface area (Å²) in [6.45, 7) is 9.12. The summed E-state index contributed by atoms with van der Waals surface area (Å²) in [6.07, 6.45) is 1.28. The first kappa shape index (κ1) is 32.4. The highest BCUT2D eigenvalue weighted by Crippen LogP contribution is 2.46. The van der Waals surface area contributed by atoms with Crippen molar-refractivity contribution in [3.63, 3.8) is 0 Å². The molecule has 3 N–H and O–H groups in total. The van der Waals surface area contributed by atoms with Gasteiger partial charge >= 0.3 is 13.7 Å². The number of esters is 1. The molecule has 0 amide bonds. The Kier molecular flexibility index (Phi) is 11.1. The number of aromatic nitrogens is 4. The molecule has 0 spiro atoms. The van der Waals surface area contributed by atoms with Crippen LogP contribution in [0, 0.1) is 11.3 Å². The molecule has 1 aliphatic rings. The summed E-state index contributed by atoms with van der Waals surface area (Å²) < 4.78 is 51.8. The molecule has 3 rings (SSSR count). The lowest BCUT2D eigenvalue weighted by molar-refractivity contribution is -0.149. The Morgan fingerprint density at radius 3 is 2.65 bits per heavy atom. The number of carbonyl (C=O) groups excluding carboxylic acids is 2. The molecule has 1 fully saturated rings. The number of alkyl halides is 1. The Balaban J connectivity index is 1.69. The summed E-state index contributed by atoms with van der Waals surface area (Å²) in [6, 6.07) is -1.03. The van der Waals surface area contributed by atoms with Crippen molar-refractivity contribution in [2.45, 2.75) is 72.4 Å². The average molecular weight is 605 g/mol. The molecule has 13 nitrogen and oxygen atoms in total. The number of hydrogen-bond acceptors (Lipinski definition) is 12. The number of fused-ring (bicyclic) bond motifs is 1. The SMILES string of the molecule is CC(C)OC(=O)C(C)NP(=O)(OCCSC(=O)C(C)(C)C)OCC1OC(n2cnc3c(N)ncnc32)CC1CF. The summed E-state index contributed by atoms with van der Waals surface area (Å²) in [5.74, 6) is -0.811. The molecule has 0 radical (unpaired) electrons. The Morgan fingerprint density at radius 1 is 1.27 bits per heavy atom. The van der Waals surface area contributed by atoms with Crippen LogP contribution in [-0.2, 0) is 32.7 Å². The number of nitrogens with zero attached hydrogens (tertiary/aromatic N) is 4. The highest BCUT2D eigenvalue weighted by Gasteiger charge is 2.40. The van der Waals surface area contributed by atoms with Crippen LogP contribution in [0.3, 0.4) is 0 Å². The second kappa shape index (κ2) is 13.7. The van der Waals surface area contributed by atoms with Crippen molar-refractivity contribution in [3.8, 4) is 0 Å². The highest BCUT2D eigenvalue weighted by atomic mass is 32.2. The van der Waals surface area contributed by atoms with E-state index in [2.05, 4.69) is 20.0 Å². The first-order valence-corrected chi connectivity index (χ1v) is 15.5. The molecule has 224 valence electrons. The van der Waals surface area contributed by atoms with E-state index in [4.69, 9.17) is 24.3 Å². The Bertz CT molecular complexity index is 1230. The van der Waals surface area contributed by atoms with Gasteiger partial charge < -0.3 is 15.2 Å². The van der Waals surface area contributed by atoms with Crippen molar-refractivity contribution >= 4 is 47.6 Å². The van der Waals surface area contributed by atoms with Crippen LogP contribution in [0.5, 0.6) is 0 Å². The average Bonchev–Trinajstić information content (AvgIpc) is 3.49. The Morgan fingerprint density at radius 2 is 2.00 bits per heavy atom. The molecule has 0 saturated carbocycles. The number of carbonyl (C=O) groups is 2. The third-order valence-corrected chi connectivity index (χ3v) is 8.87. The predicted octanol–water partition coefficient (Wildman–Crippen LogP) is 3.66. The molecule has 2 aromatic heterocycles. The topological polar surface area (TPSA) is 170 Å². The minimum Gasteiger partial charge on any atom is -0.462 e. The van der Waals surface area contributed by atoms with E-state index in [0.29, 0.717) is 11.2 Å². The van der Waals surface area contributed by atoms with Crippen molar-refractivity contribution in [2.24, 2.45) is 11.3 Å². The monoisotopic (exact) mass is 604 g/mol. The maximum absolute atomic E-state index is 14.0. The quantitative estimate of drug-likeness (QED) is 0.193. The number of nitrogens with two attached hydrogens (primary N) is 1. The molecular weight excluding hydrogens is 566 g/mol. The number of rotatable bonds is 13.